The minimum Gasteiger partial charge on any atom is -0.492 e. The fourth-order valence-corrected chi connectivity index (χ4v) is 4.41. The summed E-state index contributed by atoms with van der Waals surface area (Å²) >= 11 is 0. The maximum absolute atomic E-state index is 13.9. The number of nitro groups is 1. The van der Waals surface area contributed by atoms with Crippen molar-refractivity contribution in [2.45, 2.75) is 39.7 Å². The molecule has 196 valence electrons. The predicted octanol–water partition coefficient (Wildman–Crippen LogP) is 5.70. The molecule has 0 radical (unpaired) electrons. The monoisotopic (exact) mass is 514 g/mol. The molecule has 0 saturated heterocycles. The van der Waals surface area contributed by atoms with E-state index < -0.39 is 11.0 Å². The first-order chi connectivity index (χ1) is 18.4. The largest absolute Gasteiger partial charge is 0.492 e. The molecule has 1 heterocycles. The molecule has 3 aromatic carbocycles. The van der Waals surface area contributed by atoms with Crippen molar-refractivity contribution in [3.8, 4) is 11.4 Å². The van der Waals surface area contributed by atoms with Gasteiger partial charge >= 0.3 is 0 Å². The van der Waals surface area contributed by atoms with Gasteiger partial charge in [-0.3, -0.25) is 24.3 Å². The number of non-ortho nitro benzene ring substituents is 1. The van der Waals surface area contributed by atoms with Crippen LogP contribution in [0.3, 0.4) is 0 Å². The summed E-state index contributed by atoms with van der Waals surface area (Å²) in [5.41, 5.74) is 1.04. The highest BCUT2D eigenvalue weighted by atomic mass is 16.6. The van der Waals surface area contributed by atoms with Gasteiger partial charge in [0.05, 0.1) is 34.2 Å². The van der Waals surface area contributed by atoms with Crippen molar-refractivity contribution in [1.82, 2.24) is 14.5 Å². The summed E-state index contributed by atoms with van der Waals surface area (Å²) in [6, 6.07) is 19.3. The molecule has 0 saturated carbocycles. The number of amides is 1. The van der Waals surface area contributed by atoms with Crippen LogP contribution >= 0.6 is 0 Å². The Morgan fingerprint density at radius 3 is 2.42 bits per heavy atom. The number of carbonyl (C=O) groups is 1. The number of benzene rings is 3. The van der Waals surface area contributed by atoms with Crippen molar-refractivity contribution in [3.63, 3.8) is 0 Å². The van der Waals surface area contributed by atoms with Crippen LogP contribution in [0.2, 0.25) is 0 Å². The number of rotatable bonds is 10. The lowest BCUT2D eigenvalue weighted by molar-refractivity contribution is -0.384. The van der Waals surface area contributed by atoms with E-state index in [1.54, 1.807) is 35.2 Å². The summed E-state index contributed by atoms with van der Waals surface area (Å²) in [5, 5.41) is 11.6. The number of carbonyl (C=O) groups excluding carboxylic acids is 1. The number of unbranched alkanes of at least 4 members (excludes halogenated alkanes) is 1. The summed E-state index contributed by atoms with van der Waals surface area (Å²) in [7, 11) is 0. The van der Waals surface area contributed by atoms with Gasteiger partial charge in [0, 0.05) is 24.2 Å². The number of aromatic nitrogens is 2. The third-order valence-corrected chi connectivity index (χ3v) is 6.39. The van der Waals surface area contributed by atoms with E-state index in [9.17, 15) is 19.7 Å². The highest BCUT2D eigenvalue weighted by Crippen LogP contribution is 2.29. The van der Waals surface area contributed by atoms with Crippen LogP contribution in [0.1, 0.15) is 55.8 Å². The fraction of sp³-hybridized carbons (Fsp3) is 0.276. The molecule has 0 bridgehead atoms. The zero-order valence-electron chi connectivity index (χ0n) is 21.7. The van der Waals surface area contributed by atoms with Gasteiger partial charge in [-0.1, -0.05) is 37.6 Å². The van der Waals surface area contributed by atoms with Crippen molar-refractivity contribution in [3.05, 3.63) is 105 Å². The lowest BCUT2D eigenvalue weighted by Crippen LogP contribution is -2.38. The van der Waals surface area contributed by atoms with E-state index in [0.717, 1.165) is 12.8 Å². The van der Waals surface area contributed by atoms with Crippen LogP contribution in [0, 0.1) is 10.1 Å². The fourth-order valence-electron chi connectivity index (χ4n) is 4.41. The van der Waals surface area contributed by atoms with Gasteiger partial charge in [0.25, 0.3) is 17.2 Å². The second kappa shape index (κ2) is 11.7. The Labute approximate surface area is 220 Å². The molecule has 0 N–H and O–H groups in total. The van der Waals surface area contributed by atoms with E-state index in [0.29, 0.717) is 46.9 Å². The standard InChI is InChI=1S/C29H30N4O5/c1-4-6-19-31(28(34)21-15-17-22(18-16-21)33(36)37)20(3)27-30-24-12-8-7-11-23(24)29(35)32(27)25-13-9-10-14-26(25)38-5-2/h7-18,20H,4-6,19H2,1-3H3. The van der Waals surface area contributed by atoms with Gasteiger partial charge in [-0.2, -0.15) is 0 Å². The van der Waals surface area contributed by atoms with Gasteiger partial charge in [0.2, 0.25) is 0 Å². The minimum absolute atomic E-state index is 0.0905. The Bertz CT molecular complexity index is 1510. The Balaban J connectivity index is 1.89. The molecule has 0 aliphatic heterocycles. The third-order valence-electron chi connectivity index (χ3n) is 6.39. The topological polar surface area (TPSA) is 108 Å². The predicted molar refractivity (Wildman–Crippen MR) is 146 cm³/mol. The first kappa shape index (κ1) is 26.5. The second-order valence-electron chi connectivity index (χ2n) is 8.86. The average Bonchev–Trinajstić information content (AvgIpc) is 2.93. The molecular weight excluding hydrogens is 484 g/mol. The van der Waals surface area contributed by atoms with Crippen molar-refractivity contribution >= 4 is 22.5 Å². The van der Waals surface area contributed by atoms with Gasteiger partial charge in [-0.15, -0.1) is 0 Å². The van der Waals surface area contributed by atoms with E-state index in [4.69, 9.17) is 9.72 Å². The lowest BCUT2D eigenvalue weighted by Gasteiger charge is -2.31. The van der Waals surface area contributed by atoms with Crippen LogP contribution < -0.4 is 10.3 Å². The zero-order chi connectivity index (χ0) is 27.2. The first-order valence-electron chi connectivity index (χ1n) is 12.7. The normalized spacial score (nSPS) is 11.8. The Kier molecular flexibility index (Phi) is 8.15. The molecule has 0 aliphatic carbocycles. The van der Waals surface area contributed by atoms with Crippen LogP contribution in [0.25, 0.3) is 16.6 Å². The van der Waals surface area contributed by atoms with E-state index in [1.165, 1.54) is 28.8 Å². The van der Waals surface area contributed by atoms with Gasteiger partial charge in [-0.25, -0.2) is 4.98 Å². The molecule has 0 aliphatic rings. The van der Waals surface area contributed by atoms with E-state index >= 15 is 0 Å². The summed E-state index contributed by atoms with van der Waals surface area (Å²) < 4.78 is 7.37. The number of nitro benzene ring substituents is 1. The van der Waals surface area contributed by atoms with Crippen LogP contribution in [-0.2, 0) is 0 Å². The van der Waals surface area contributed by atoms with Crippen molar-refractivity contribution in [1.29, 1.82) is 0 Å². The summed E-state index contributed by atoms with van der Waals surface area (Å²) in [6.45, 7) is 6.58. The highest BCUT2D eigenvalue weighted by molar-refractivity contribution is 5.94. The highest BCUT2D eigenvalue weighted by Gasteiger charge is 2.28. The molecule has 1 unspecified atom stereocenters. The molecule has 38 heavy (non-hydrogen) atoms. The SMILES string of the molecule is CCCCN(C(=O)c1ccc([N+](=O)[O-])cc1)C(C)c1nc2ccccc2c(=O)n1-c1ccccc1OCC. The summed E-state index contributed by atoms with van der Waals surface area (Å²) in [4.78, 5) is 44.8. The Morgan fingerprint density at radius 2 is 1.74 bits per heavy atom. The van der Waals surface area contributed by atoms with Crippen LogP contribution in [0.4, 0.5) is 5.69 Å². The van der Waals surface area contributed by atoms with Crippen molar-refractivity contribution in [2.75, 3.05) is 13.2 Å². The molecule has 1 amide bonds. The first-order valence-corrected chi connectivity index (χ1v) is 12.7. The van der Waals surface area contributed by atoms with E-state index in [2.05, 4.69) is 0 Å². The molecule has 0 spiro atoms. The number of hydrogen-bond donors (Lipinski definition) is 0. The average molecular weight is 515 g/mol. The van der Waals surface area contributed by atoms with Gasteiger partial charge in [0.15, 0.2) is 0 Å². The molecule has 1 atom stereocenters. The summed E-state index contributed by atoms with van der Waals surface area (Å²) in [6.07, 6.45) is 1.58. The van der Waals surface area contributed by atoms with Crippen molar-refractivity contribution < 1.29 is 14.5 Å². The lowest BCUT2D eigenvalue weighted by atomic mass is 10.1. The molecule has 4 rings (SSSR count). The van der Waals surface area contributed by atoms with Gasteiger partial charge in [-0.05, 0) is 56.7 Å². The smallest absolute Gasteiger partial charge is 0.269 e. The van der Waals surface area contributed by atoms with Crippen molar-refractivity contribution in [2.24, 2.45) is 0 Å². The molecule has 0 fully saturated rings. The molecule has 1 aromatic heterocycles. The van der Waals surface area contributed by atoms with Gasteiger partial charge < -0.3 is 9.64 Å². The number of fused-ring (bicyclic) bond motifs is 1. The number of ether oxygens (including phenoxy) is 1. The minimum atomic E-state index is -0.601. The summed E-state index contributed by atoms with van der Waals surface area (Å²) in [5.74, 6) is 0.629. The zero-order valence-corrected chi connectivity index (χ0v) is 21.7. The molecule has 9 heteroatoms. The molecular formula is C29H30N4O5. The van der Waals surface area contributed by atoms with E-state index in [-0.39, 0.29) is 17.2 Å². The number of para-hydroxylation sites is 3. The van der Waals surface area contributed by atoms with Crippen LogP contribution in [-0.4, -0.2) is 38.4 Å². The van der Waals surface area contributed by atoms with Crippen LogP contribution in [0.5, 0.6) is 5.75 Å². The van der Waals surface area contributed by atoms with Crippen LogP contribution in [0.15, 0.2) is 77.6 Å². The quantitative estimate of drug-likeness (QED) is 0.199. The maximum atomic E-state index is 13.9. The number of nitrogens with zero attached hydrogens (tertiary/aromatic N) is 4. The molecule has 9 nitrogen and oxygen atoms in total. The second-order valence-corrected chi connectivity index (χ2v) is 8.86. The molecule has 4 aromatic rings. The third kappa shape index (κ3) is 5.27. The van der Waals surface area contributed by atoms with Gasteiger partial charge in [0.1, 0.15) is 11.6 Å². The Hall–Kier alpha value is -4.53. The Morgan fingerprint density at radius 1 is 1.05 bits per heavy atom. The number of hydrogen-bond acceptors (Lipinski definition) is 6. The maximum Gasteiger partial charge on any atom is 0.269 e. The van der Waals surface area contributed by atoms with E-state index in [1.807, 2.05) is 39.0 Å².